The molecule has 0 atom stereocenters. The van der Waals surface area contributed by atoms with Crippen molar-refractivity contribution in [2.45, 2.75) is 0 Å². The van der Waals surface area contributed by atoms with Gasteiger partial charge in [0.2, 0.25) is 0 Å². The zero-order valence-corrected chi connectivity index (χ0v) is 14.9. The molecular weight excluding hydrogens is 355 g/mol. The zero-order valence-electron chi connectivity index (χ0n) is 14.1. The van der Waals surface area contributed by atoms with Crippen LogP contribution >= 0.6 is 11.3 Å². The fourth-order valence-corrected chi connectivity index (χ4v) is 3.01. The second-order valence-electron chi connectivity index (χ2n) is 5.34. The van der Waals surface area contributed by atoms with Gasteiger partial charge in [0, 0.05) is 18.1 Å². The van der Waals surface area contributed by atoms with Gasteiger partial charge in [0.25, 0.3) is 5.91 Å². The van der Waals surface area contributed by atoms with Gasteiger partial charge in [-0.05, 0) is 24.3 Å². The van der Waals surface area contributed by atoms with Gasteiger partial charge in [-0.2, -0.15) is 0 Å². The average Bonchev–Trinajstić information content (AvgIpc) is 3.11. The molecule has 1 aromatic heterocycles. The fourth-order valence-electron chi connectivity index (χ4n) is 2.29. The van der Waals surface area contributed by atoms with Gasteiger partial charge < -0.3 is 9.47 Å². The summed E-state index contributed by atoms with van der Waals surface area (Å²) in [6.45, 7) is 0.779. The second kappa shape index (κ2) is 8.55. The maximum absolute atomic E-state index is 13.3. The Morgan fingerprint density at radius 3 is 2.85 bits per heavy atom. The molecule has 0 aliphatic heterocycles. The molecule has 1 N–H and O–H groups in total. The Morgan fingerprint density at radius 1 is 1.19 bits per heavy atom. The molecule has 26 heavy (non-hydrogen) atoms. The number of rotatable bonds is 7. The van der Waals surface area contributed by atoms with E-state index in [1.165, 1.54) is 23.5 Å². The first kappa shape index (κ1) is 18.0. The molecule has 7 heteroatoms. The van der Waals surface area contributed by atoms with E-state index in [0.29, 0.717) is 40.9 Å². The normalized spacial score (nSPS) is 10.5. The van der Waals surface area contributed by atoms with E-state index in [2.05, 4.69) is 10.3 Å². The lowest BCUT2D eigenvalue weighted by atomic mass is 10.2. The second-order valence-corrected chi connectivity index (χ2v) is 6.20. The predicted molar refractivity (Wildman–Crippen MR) is 99.3 cm³/mol. The standard InChI is InChI=1S/C19H17FN2O3S/c1-24-9-10-25-17-8-3-2-7-15(17)18(23)22-19-21-16(12-26-19)13-5-4-6-14(20)11-13/h2-8,11-12H,9-10H2,1H3,(H,21,22,23). The number of amides is 1. The van der Waals surface area contributed by atoms with E-state index in [4.69, 9.17) is 9.47 Å². The Kier molecular flexibility index (Phi) is 5.93. The van der Waals surface area contributed by atoms with Crippen LogP contribution in [0.25, 0.3) is 11.3 Å². The third kappa shape index (κ3) is 4.44. The van der Waals surface area contributed by atoms with Gasteiger partial charge in [-0.3, -0.25) is 10.1 Å². The van der Waals surface area contributed by atoms with Gasteiger partial charge in [0.1, 0.15) is 18.2 Å². The van der Waals surface area contributed by atoms with Gasteiger partial charge >= 0.3 is 0 Å². The van der Waals surface area contributed by atoms with Crippen LogP contribution in [0.15, 0.2) is 53.9 Å². The van der Waals surface area contributed by atoms with Gasteiger partial charge in [-0.25, -0.2) is 9.37 Å². The third-order valence-electron chi connectivity index (χ3n) is 3.52. The van der Waals surface area contributed by atoms with Gasteiger partial charge in [0.05, 0.1) is 17.9 Å². The van der Waals surface area contributed by atoms with Crippen molar-refractivity contribution >= 4 is 22.4 Å². The lowest BCUT2D eigenvalue weighted by molar-refractivity contribution is 0.101. The van der Waals surface area contributed by atoms with Gasteiger partial charge in [-0.1, -0.05) is 24.3 Å². The number of carbonyl (C=O) groups excluding carboxylic acids is 1. The molecule has 0 spiro atoms. The summed E-state index contributed by atoms with van der Waals surface area (Å²) in [6, 6.07) is 13.1. The highest BCUT2D eigenvalue weighted by Gasteiger charge is 2.14. The van der Waals surface area contributed by atoms with E-state index in [0.717, 1.165) is 0 Å². The number of halogens is 1. The molecular formula is C19H17FN2O3S. The minimum atomic E-state index is -0.330. The Labute approximate surface area is 154 Å². The Morgan fingerprint density at radius 2 is 2.04 bits per heavy atom. The molecule has 0 saturated heterocycles. The highest BCUT2D eigenvalue weighted by Crippen LogP contribution is 2.26. The molecule has 3 aromatic rings. The number of para-hydroxylation sites is 1. The molecule has 0 radical (unpaired) electrons. The van der Waals surface area contributed by atoms with Gasteiger partial charge in [0.15, 0.2) is 5.13 Å². The third-order valence-corrected chi connectivity index (χ3v) is 4.28. The van der Waals surface area contributed by atoms with Crippen molar-refractivity contribution in [2.75, 3.05) is 25.6 Å². The topological polar surface area (TPSA) is 60.5 Å². The van der Waals surface area contributed by atoms with E-state index in [1.807, 2.05) is 0 Å². The van der Waals surface area contributed by atoms with Crippen LogP contribution in [-0.4, -0.2) is 31.2 Å². The van der Waals surface area contributed by atoms with Crippen LogP contribution in [0.1, 0.15) is 10.4 Å². The van der Waals surface area contributed by atoms with Crippen molar-refractivity contribution in [3.05, 3.63) is 65.3 Å². The Bertz CT molecular complexity index is 898. The first-order valence-electron chi connectivity index (χ1n) is 7.91. The van der Waals surface area contributed by atoms with Crippen LogP contribution in [0.2, 0.25) is 0 Å². The number of anilines is 1. The molecule has 3 rings (SSSR count). The summed E-state index contributed by atoms with van der Waals surface area (Å²) in [7, 11) is 1.58. The van der Waals surface area contributed by atoms with Crippen molar-refractivity contribution in [3.8, 4) is 17.0 Å². The number of methoxy groups -OCH3 is 1. The highest BCUT2D eigenvalue weighted by atomic mass is 32.1. The number of nitrogens with one attached hydrogen (secondary N) is 1. The molecule has 0 aliphatic carbocycles. The first-order valence-corrected chi connectivity index (χ1v) is 8.79. The Balaban J connectivity index is 1.73. The van der Waals surface area contributed by atoms with Crippen molar-refractivity contribution in [3.63, 3.8) is 0 Å². The summed E-state index contributed by atoms with van der Waals surface area (Å²) in [5.74, 6) is -0.176. The molecule has 0 aliphatic rings. The number of carbonyl (C=O) groups is 1. The number of ether oxygens (including phenoxy) is 2. The molecule has 1 amide bonds. The van der Waals surface area contributed by atoms with E-state index < -0.39 is 0 Å². The lowest BCUT2D eigenvalue weighted by Gasteiger charge is -2.10. The maximum Gasteiger partial charge on any atom is 0.261 e. The number of thiazole rings is 1. The van der Waals surface area contributed by atoms with Crippen LogP contribution in [-0.2, 0) is 4.74 Å². The number of benzene rings is 2. The van der Waals surface area contributed by atoms with E-state index in [9.17, 15) is 9.18 Å². The monoisotopic (exact) mass is 372 g/mol. The number of nitrogens with zero attached hydrogens (tertiary/aromatic N) is 1. The molecule has 2 aromatic carbocycles. The Hall–Kier alpha value is -2.77. The maximum atomic E-state index is 13.3. The van der Waals surface area contributed by atoms with Crippen LogP contribution in [0.3, 0.4) is 0 Å². The first-order chi connectivity index (χ1) is 12.7. The average molecular weight is 372 g/mol. The molecule has 1 heterocycles. The van der Waals surface area contributed by atoms with Crippen LogP contribution in [0.4, 0.5) is 9.52 Å². The summed E-state index contributed by atoms with van der Waals surface area (Å²) >= 11 is 1.27. The summed E-state index contributed by atoms with van der Waals surface area (Å²) in [5, 5.41) is 4.96. The smallest absolute Gasteiger partial charge is 0.261 e. The summed E-state index contributed by atoms with van der Waals surface area (Å²) < 4.78 is 23.9. The fraction of sp³-hybridized carbons (Fsp3) is 0.158. The molecule has 0 saturated carbocycles. The SMILES string of the molecule is COCCOc1ccccc1C(=O)Nc1nc(-c2cccc(F)c2)cs1. The van der Waals surface area contributed by atoms with E-state index in [1.54, 1.807) is 48.9 Å². The van der Waals surface area contributed by atoms with Crippen LogP contribution < -0.4 is 10.1 Å². The number of aromatic nitrogens is 1. The van der Waals surface area contributed by atoms with E-state index in [-0.39, 0.29) is 11.7 Å². The molecule has 0 unspecified atom stereocenters. The molecule has 134 valence electrons. The number of hydrogen-bond acceptors (Lipinski definition) is 5. The minimum Gasteiger partial charge on any atom is -0.490 e. The van der Waals surface area contributed by atoms with Crippen molar-refractivity contribution in [2.24, 2.45) is 0 Å². The summed E-state index contributed by atoms with van der Waals surface area (Å²) in [4.78, 5) is 16.9. The summed E-state index contributed by atoms with van der Waals surface area (Å²) in [5.41, 5.74) is 1.67. The molecule has 5 nitrogen and oxygen atoms in total. The molecule has 0 bridgehead atoms. The predicted octanol–water partition coefficient (Wildman–Crippen LogP) is 4.23. The zero-order chi connectivity index (χ0) is 18.4. The van der Waals surface area contributed by atoms with E-state index >= 15 is 0 Å². The van der Waals surface area contributed by atoms with Crippen molar-refractivity contribution in [1.82, 2.24) is 4.98 Å². The van der Waals surface area contributed by atoms with Crippen LogP contribution in [0, 0.1) is 5.82 Å². The largest absolute Gasteiger partial charge is 0.490 e. The highest BCUT2D eigenvalue weighted by molar-refractivity contribution is 7.14. The van der Waals surface area contributed by atoms with Crippen molar-refractivity contribution < 1.29 is 18.7 Å². The minimum absolute atomic E-state index is 0.321. The number of hydrogen-bond donors (Lipinski definition) is 1. The van der Waals surface area contributed by atoms with Crippen molar-refractivity contribution in [1.29, 1.82) is 0 Å². The quantitative estimate of drug-likeness (QED) is 0.631. The molecule has 0 fully saturated rings. The summed E-state index contributed by atoms with van der Waals surface area (Å²) in [6.07, 6.45) is 0. The van der Waals surface area contributed by atoms with Gasteiger partial charge in [-0.15, -0.1) is 11.3 Å². The lowest BCUT2D eigenvalue weighted by Crippen LogP contribution is -2.14. The van der Waals surface area contributed by atoms with Crippen LogP contribution in [0.5, 0.6) is 5.75 Å².